The first kappa shape index (κ1) is 24.7. The van der Waals surface area contributed by atoms with Gasteiger partial charge in [-0.2, -0.15) is 5.10 Å². The molecule has 0 fully saturated rings. The van der Waals surface area contributed by atoms with E-state index in [2.05, 4.69) is 109 Å². The van der Waals surface area contributed by atoms with Gasteiger partial charge in [-0.05, 0) is 80.8 Å². The van der Waals surface area contributed by atoms with E-state index >= 15 is 0 Å². The van der Waals surface area contributed by atoms with Crippen LogP contribution in [0.2, 0.25) is 0 Å². The van der Waals surface area contributed by atoms with Crippen molar-refractivity contribution in [1.82, 2.24) is 25.5 Å². The summed E-state index contributed by atoms with van der Waals surface area (Å²) in [6.07, 6.45) is 13.6. The third-order valence-corrected chi connectivity index (χ3v) is 6.01. The van der Waals surface area contributed by atoms with Gasteiger partial charge in [-0.3, -0.25) is 10.1 Å². The number of benzene rings is 1. The summed E-state index contributed by atoms with van der Waals surface area (Å²) in [7, 11) is 0. The summed E-state index contributed by atoms with van der Waals surface area (Å²) in [4.78, 5) is 7.84. The third kappa shape index (κ3) is 5.15. The first-order valence-corrected chi connectivity index (χ1v) is 12.1. The lowest BCUT2D eigenvalue weighted by Crippen LogP contribution is -2.20. The maximum atomic E-state index is 4.67. The summed E-state index contributed by atoms with van der Waals surface area (Å²) < 4.78 is 0. The van der Waals surface area contributed by atoms with Crippen LogP contribution in [0.15, 0.2) is 98.0 Å². The summed E-state index contributed by atoms with van der Waals surface area (Å²) in [6, 6.07) is 12.9. The molecule has 3 N–H and O–H groups in total. The number of hydrogen-bond donors (Lipinski definition) is 3. The minimum Gasteiger partial charge on any atom is -0.383 e. The normalized spacial score (nSPS) is 12.9. The van der Waals surface area contributed by atoms with Gasteiger partial charge in [0.1, 0.15) is 5.69 Å². The van der Waals surface area contributed by atoms with Crippen LogP contribution < -0.4 is 5.32 Å². The number of nitrogens with zero attached hydrogens (tertiary/aromatic N) is 2. The molecular weight excluding hydrogens is 442 g/mol. The Morgan fingerprint density at radius 3 is 2.61 bits per heavy atom. The summed E-state index contributed by atoms with van der Waals surface area (Å²) >= 11 is 0. The fourth-order valence-electron chi connectivity index (χ4n) is 4.34. The minimum atomic E-state index is 0.326. The highest BCUT2D eigenvalue weighted by atomic mass is 15.1. The van der Waals surface area contributed by atoms with Gasteiger partial charge in [0.2, 0.25) is 0 Å². The summed E-state index contributed by atoms with van der Waals surface area (Å²) in [6.45, 7) is 16.2. The van der Waals surface area contributed by atoms with Crippen molar-refractivity contribution in [3.8, 4) is 11.4 Å². The molecule has 182 valence electrons. The van der Waals surface area contributed by atoms with Crippen LogP contribution >= 0.6 is 0 Å². The van der Waals surface area contributed by atoms with Crippen molar-refractivity contribution in [3.63, 3.8) is 0 Å². The molecule has 0 bridgehead atoms. The zero-order chi connectivity index (χ0) is 25.7. The molecule has 5 heteroatoms. The molecule has 3 heterocycles. The van der Waals surface area contributed by atoms with E-state index in [1.807, 2.05) is 30.5 Å². The number of aromatic amines is 2. The summed E-state index contributed by atoms with van der Waals surface area (Å²) in [5.41, 5.74) is 10.3. The van der Waals surface area contributed by atoms with Crippen molar-refractivity contribution in [1.29, 1.82) is 0 Å². The number of fused-ring (bicyclic) bond motifs is 1. The highest BCUT2D eigenvalue weighted by molar-refractivity contribution is 5.96. The number of aromatic nitrogens is 4. The van der Waals surface area contributed by atoms with E-state index < -0.39 is 0 Å². The Labute approximate surface area is 213 Å². The maximum Gasteiger partial charge on any atom is 0.116 e. The van der Waals surface area contributed by atoms with E-state index in [0.717, 1.165) is 61.5 Å². The average Bonchev–Trinajstić information content (AvgIpc) is 3.48. The monoisotopic (exact) mass is 475 g/mol. The van der Waals surface area contributed by atoms with Crippen LogP contribution in [0.25, 0.3) is 33.4 Å². The van der Waals surface area contributed by atoms with E-state index in [4.69, 9.17) is 0 Å². The predicted molar refractivity (Wildman–Crippen MR) is 152 cm³/mol. The molecule has 0 saturated carbocycles. The topological polar surface area (TPSA) is 69.4 Å². The molecule has 0 aliphatic carbocycles. The lowest BCUT2D eigenvalue weighted by atomic mass is 9.98. The number of H-pyrrole nitrogens is 2. The fraction of sp³-hybridized carbons (Fsp3) is 0.161. The number of rotatable bonds is 9. The minimum absolute atomic E-state index is 0.326. The number of allylic oxidation sites excluding steroid dienone is 6. The molecule has 0 aliphatic heterocycles. The first-order valence-electron chi connectivity index (χ1n) is 12.1. The van der Waals surface area contributed by atoms with Crippen molar-refractivity contribution in [2.24, 2.45) is 0 Å². The number of nitrogens with one attached hydrogen (secondary N) is 3. The van der Waals surface area contributed by atoms with Crippen LogP contribution in [0.5, 0.6) is 0 Å². The molecule has 0 saturated heterocycles. The number of aryl methyl sites for hydroxylation is 1. The molecule has 0 spiro atoms. The lowest BCUT2D eigenvalue weighted by Gasteiger charge is -2.12. The van der Waals surface area contributed by atoms with E-state index in [1.54, 1.807) is 6.20 Å². The van der Waals surface area contributed by atoms with Crippen LogP contribution in [0.1, 0.15) is 43.2 Å². The largest absolute Gasteiger partial charge is 0.383 e. The standard InChI is InChI=1S/C31H33N5/c1-7-11-26(24-12-10-15-32-19-24)27-18-30(34-21(27)6)31-28-17-23(13-14-29(28)35-36-31)22(8-2)16-25(9-3)33-20(4)5/h7-20,33-34H,1,3H2,2,4-6H3,(H,35,36)/b22-8+,25-16+,26-11-. The molecule has 0 unspecified atom stereocenters. The summed E-state index contributed by atoms with van der Waals surface area (Å²) in [5, 5.41) is 12.4. The van der Waals surface area contributed by atoms with E-state index in [9.17, 15) is 0 Å². The molecule has 0 atom stereocenters. The average molecular weight is 476 g/mol. The molecule has 0 radical (unpaired) electrons. The molecule has 0 amide bonds. The van der Waals surface area contributed by atoms with Gasteiger partial charge in [0.05, 0.1) is 11.2 Å². The zero-order valence-electron chi connectivity index (χ0n) is 21.4. The van der Waals surface area contributed by atoms with Gasteiger partial charge in [-0.25, -0.2) is 0 Å². The second kappa shape index (κ2) is 10.9. The Balaban J connectivity index is 1.77. The van der Waals surface area contributed by atoms with E-state index in [0.29, 0.717) is 6.04 Å². The highest BCUT2D eigenvalue weighted by Gasteiger charge is 2.16. The first-order chi connectivity index (χ1) is 17.4. The van der Waals surface area contributed by atoms with Crippen molar-refractivity contribution in [2.45, 2.75) is 33.7 Å². The summed E-state index contributed by atoms with van der Waals surface area (Å²) in [5.74, 6) is 0. The maximum absolute atomic E-state index is 4.67. The predicted octanol–water partition coefficient (Wildman–Crippen LogP) is 7.35. The Hall–Kier alpha value is -4.38. The second-order valence-corrected chi connectivity index (χ2v) is 8.96. The highest BCUT2D eigenvalue weighted by Crippen LogP contribution is 2.33. The molecule has 4 rings (SSSR count). The Morgan fingerprint density at radius 2 is 1.94 bits per heavy atom. The number of hydrogen-bond acceptors (Lipinski definition) is 3. The molecule has 5 nitrogen and oxygen atoms in total. The van der Waals surface area contributed by atoms with Crippen LogP contribution in [0.3, 0.4) is 0 Å². The van der Waals surface area contributed by atoms with Gasteiger partial charge in [0.15, 0.2) is 0 Å². The quantitative estimate of drug-likeness (QED) is 0.222. The van der Waals surface area contributed by atoms with Crippen molar-refractivity contribution in [3.05, 3.63) is 120 Å². The van der Waals surface area contributed by atoms with Crippen LogP contribution in [0.4, 0.5) is 0 Å². The third-order valence-electron chi connectivity index (χ3n) is 6.01. The SMILES string of the molecule is C=C/C=C(/c1cccnc1)c1cc(-c2n[nH]c3ccc(C(/C=C(\C=C)NC(C)C)=C/C)cc23)[nH]c1C. The molecule has 0 aliphatic rings. The van der Waals surface area contributed by atoms with Crippen LogP contribution in [0, 0.1) is 6.92 Å². The van der Waals surface area contributed by atoms with Gasteiger partial charge in [0, 0.05) is 46.3 Å². The van der Waals surface area contributed by atoms with Gasteiger partial charge in [-0.15, -0.1) is 0 Å². The molecular formula is C31H33N5. The Kier molecular flexibility index (Phi) is 7.50. The molecule has 1 aromatic carbocycles. The van der Waals surface area contributed by atoms with E-state index in [-0.39, 0.29) is 0 Å². The van der Waals surface area contributed by atoms with Gasteiger partial charge >= 0.3 is 0 Å². The van der Waals surface area contributed by atoms with E-state index in [1.165, 1.54) is 0 Å². The molecule has 36 heavy (non-hydrogen) atoms. The van der Waals surface area contributed by atoms with Crippen molar-refractivity contribution < 1.29 is 0 Å². The fourth-order valence-corrected chi connectivity index (χ4v) is 4.34. The smallest absolute Gasteiger partial charge is 0.116 e. The van der Waals surface area contributed by atoms with Gasteiger partial charge < -0.3 is 10.3 Å². The van der Waals surface area contributed by atoms with Crippen LogP contribution in [-0.4, -0.2) is 26.2 Å². The van der Waals surface area contributed by atoms with Crippen molar-refractivity contribution in [2.75, 3.05) is 0 Å². The lowest BCUT2D eigenvalue weighted by molar-refractivity contribution is 0.682. The second-order valence-electron chi connectivity index (χ2n) is 8.96. The van der Waals surface area contributed by atoms with Gasteiger partial charge in [-0.1, -0.05) is 43.5 Å². The number of pyridine rings is 1. The molecule has 4 aromatic rings. The molecule has 3 aromatic heterocycles. The van der Waals surface area contributed by atoms with Crippen LogP contribution in [-0.2, 0) is 0 Å². The Bertz CT molecular complexity index is 1480. The zero-order valence-corrected chi connectivity index (χ0v) is 21.4. The van der Waals surface area contributed by atoms with Crippen molar-refractivity contribution >= 4 is 22.0 Å². The Morgan fingerprint density at radius 1 is 1.11 bits per heavy atom. The van der Waals surface area contributed by atoms with Gasteiger partial charge in [0.25, 0.3) is 0 Å².